The van der Waals surface area contributed by atoms with E-state index in [2.05, 4.69) is 5.32 Å². The zero-order chi connectivity index (χ0) is 16.3. The van der Waals surface area contributed by atoms with E-state index in [1.165, 1.54) is 6.07 Å². The van der Waals surface area contributed by atoms with Crippen molar-refractivity contribution >= 4 is 11.8 Å². The fraction of sp³-hybridized carbons (Fsp3) is 0.529. The van der Waals surface area contributed by atoms with Crippen LogP contribution in [0.4, 0.5) is 4.39 Å². The lowest BCUT2D eigenvalue weighted by molar-refractivity contribution is -0.143. The van der Waals surface area contributed by atoms with Crippen molar-refractivity contribution in [2.45, 2.75) is 45.7 Å². The van der Waals surface area contributed by atoms with E-state index in [-0.39, 0.29) is 23.7 Å². The van der Waals surface area contributed by atoms with Crippen molar-refractivity contribution in [1.82, 2.24) is 10.2 Å². The van der Waals surface area contributed by atoms with Gasteiger partial charge in [0.25, 0.3) is 0 Å². The lowest BCUT2D eigenvalue weighted by Crippen LogP contribution is -2.49. The van der Waals surface area contributed by atoms with Crippen molar-refractivity contribution in [2.24, 2.45) is 5.92 Å². The van der Waals surface area contributed by atoms with Crippen LogP contribution in [0, 0.1) is 11.7 Å². The summed E-state index contributed by atoms with van der Waals surface area (Å²) >= 11 is 0. The third-order valence-corrected chi connectivity index (χ3v) is 4.04. The zero-order valence-electron chi connectivity index (χ0n) is 13.3. The number of benzene rings is 1. The molecule has 1 aromatic carbocycles. The molecule has 0 radical (unpaired) electrons. The molecule has 0 bridgehead atoms. The Morgan fingerprint density at radius 3 is 2.68 bits per heavy atom. The van der Waals surface area contributed by atoms with E-state index in [0.29, 0.717) is 24.9 Å². The fourth-order valence-electron chi connectivity index (χ4n) is 3.09. The molecule has 0 spiro atoms. The molecule has 1 heterocycles. The second-order valence-corrected chi connectivity index (χ2v) is 5.95. The molecule has 0 saturated carbocycles. The van der Waals surface area contributed by atoms with E-state index in [1.54, 1.807) is 23.1 Å². The first-order valence-electron chi connectivity index (χ1n) is 7.80. The number of carbonyl (C=O) groups is 2. The predicted octanol–water partition coefficient (Wildman–Crippen LogP) is 2.65. The summed E-state index contributed by atoms with van der Waals surface area (Å²) in [4.78, 5) is 26.3. The third kappa shape index (κ3) is 3.29. The third-order valence-electron chi connectivity index (χ3n) is 4.04. The molecule has 0 unspecified atom stereocenters. The number of amides is 2. The molecule has 1 saturated heterocycles. The van der Waals surface area contributed by atoms with Crippen LogP contribution in [0.1, 0.15) is 45.2 Å². The van der Waals surface area contributed by atoms with Gasteiger partial charge in [0.15, 0.2) is 0 Å². The first-order valence-corrected chi connectivity index (χ1v) is 7.80. The number of halogens is 1. The molecule has 1 aliphatic rings. The lowest BCUT2D eigenvalue weighted by Gasteiger charge is -2.40. The highest BCUT2D eigenvalue weighted by Gasteiger charge is 2.41. The zero-order valence-corrected chi connectivity index (χ0v) is 13.3. The minimum Gasteiger partial charge on any atom is -0.354 e. The topological polar surface area (TPSA) is 49.4 Å². The largest absolute Gasteiger partial charge is 0.354 e. The number of nitrogens with zero attached hydrogens (tertiary/aromatic N) is 1. The molecule has 4 nitrogen and oxygen atoms in total. The summed E-state index contributed by atoms with van der Waals surface area (Å²) in [5, 5.41) is 2.89. The minimum atomic E-state index is -0.536. The number of nitrogens with one attached hydrogen (secondary N) is 1. The summed E-state index contributed by atoms with van der Waals surface area (Å²) in [6.45, 7) is 6.10. The van der Waals surface area contributed by atoms with E-state index in [0.717, 1.165) is 0 Å². The Kier molecular flexibility index (Phi) is 5.16. The SMILES string of the molecule is CCN1C(=O)CC[C@@H](C(=O)NC(C)C)[C@@H]1c1ccccc1F. The first-order chi connectivity index (χ1) is 10.5. The van der Waals surface area contributed by atoms with E-state index in [1.807, 2.05) is 20.8 Å². The normalized spacial score (nSPS) is 22.0. The van der Waals surface area contributed by atoms with Gasteiger partial charge < -0.3 is 10.2 Å². The van der Waals surface area contributed by atoms with Gasteiger partial charge in [-0.15, -0.1) is 0 Å². The Balaban J connectivity index is 2.41. The fourth-order valence-corrected chi connectivity index (χ4v) is 3.09. The molecule has 5 heteroatoms. The van der Waals surface area contributed by atoms with Gasteiger partial charge in [-0.1, -0.05) is 18.2 Å². The number of carbonyl (C=O) groups excluding carboxylic acids is 2. The van der Waals surface area contributed by atoms with Crippen LogP contribution in [0.25, 0.3) is 0 Å². The average Bonchev–Trinajstić information content (AvgIpc) is 2.46. The number of piperidine rings is 1. The van der Waals surface area contributed by atoms with Gasteiger partial charge in [0.05, 0.1) is 12.0 Å². The summed E-state index contributed by atoms with van der Waals surface area (Å²) in [6.07, 6.45) is 0.780. The molecule has 2 amide bonds. The van der Waals surface area contributed by atoms with Gasteiger partial charge in [0.2, 0.25) is 11.8 Å². The summed E-state index contributed by atoms with van der Waals surface area (Å²) in [6, 6.07) is 5.87. The monoisotopic (exact) mass is 306 g/mol. The molecule has 1 fully saturated rings. The molecule has 1 N–H and O–H groups in total. The Bertz CT molecular complexity index is 559. The second kappa shape index (κ2) is 6.90. The molecule has 120 valence electrons. The maximum Gasteiger partial charge on any atom is 0.225 e. The van der Waals surface area contributed by atoms with Crippen LogP contribution in [-0.4, -0.2) is 29.3 Å². The Hall–Kier alpha value is -1.91. The Morgan fingerprint density at radius 2 is 2.09 bits per heavy atom. The van der Waals surface area contributed by atoms with Gasteiger partial charge in [-0.3, -0.25) is 9.59 Å². The molecule has 0 aliphatic carbocycles. The summed E-state index contributed by atoms with van der Waals surface area (Å²) in [5.74, 6) is -0.932. The molecule has 2 atom stereocenters. The van der Waals surface area contributed by atoms with Crippen molar-refractivity contribution in [3.05, 3.63) is 35.6 Å². The molecule has 2 rings (SSSR count). The minimum absolute atomic E-state index is 0.0153. The number of hydrogen-bond donors (Lipinski definition) is 1. The van der Waals surface area contributed by atoms with Crippen LogP contribution in [0.15, 0.2) is 24.3 Å². The standard InChI is InChI=1S/C17H23FN2O2/c1-4-20-15(21)10-9-13(17(22)19-11(2)3)16(20)12-7-5-6-8-14(12)18/h5-8,11,13,16H,4,9-10H2,1-3H3,(H,19,22)/t13-,16+/m1/s1. The van der Waals surface area contributed by atoms with Crippen LogP contribution in [0.5, 0.6) is 0 Å². The molecular weight excluding hydrogens is 283 g/mol. The lowest BCUT2D eigenvalue weighted by atomic mass is 9.83. The van der Waals surface area contributed by atoms with Gasteiger partial charge in [-0.2, -0.15) is 0 Å². The molecule has 1 aromatic rings. The van der Waals surface area contributed by atoms with Gasteiger partial charge in [0, 0.05) is 24.6 Å². The Morgan fingerprint density at radius 1 is 1.41 bits per heavy atom. The van der Waals surface area contributed by atoms with E-state index in [4.69, 9.17) is 0 Å². The summed E-state index contributed by atoms with van der Waals surface area (Å²) < 4.78 is 14.2. The Labute approximate surface area is 130 Å². The number of hydrogen-bond acceptors (Lipinski definition) is 2. The second-order valence-electron chi connectivity index (χ2n) is 5.95. The smallest absolute Gasteiger partial charge is 0.225 e. The first kappa shape index (κ1) is 16.5. The van der Waals surface area contributed by atoms with Gasteiger partial charge in [-0.05, 0) is 33.3 Å². The quantitative estimate of drug-likeness (QED) is 0.929. The average molecular weight is 306 g/mol. The molecule has 1 aliphatic heterocycles. The van der Waals surface area contributed by atoms with Crippen LogP contribution >= 0.6 is 0 Å². The van der Waals surface area contributed by atoms with Crippen LogP contribution in [0.3, 0.4) is 0 Å². The van der Waals surface area contributed by atoms with Gasteiger partial charge >= 0.3 is 0 Å². The van der Waals surface area contributed by atoms with Gasteiger partial charge in [0.1, 0.15) is 5.82 Å². The van der Waals surface area contributed by atoms with Crippen molar-refractivity contribution < 1.29 is 14.0 Å². The maximum absolute atomic E-state index is 14.2. The van der Waals surface area contributed by atoms with Gasteiger partial charge in [-0.25, -0.2) is 4.39 Å². The highest BCUT2D eigenvalue weighted by molar-refractivity contribution is 5.85. The van der Waals surface area contributed by atoms with Crippen molar-refractivity contribution in [2.75, 3.05) is 6.54 Å². The van der Waals surface area contributed by atoms with Crippen molar-refractivity contribution in [3.8, 4) is 0 Å². The highest BCUT2D eigenvalue weighted by atomic mass is 19.1. The van der Waals surface area contributed by atoms with Crippen LogP contribution in [0.2, 0.25) is 0 Å². The van der Waals surface area contributed by atoms with E-state index >= 15 is 0 Å². The summed E-state index contributed by atoms with van der Waals surface area (Å²) in [5.41, 5.74) is 0.418. The number of rotatable bonds is 4. The van der Waals surface area contributed by atoms with Crippen molar-refractivity contribution in [1.29, 1.82) is 0 Å². The molecule has 0 aromatic heterocycles. The molecular formula is C17H23FN2O2. The molecule has 22 heavy (non-hydrogen) atoms. The van der Waals surface area contributed by atoms with Crippen LogP contribution < -0.4 is 5.32 Å². The number of likely N-dealkylation sites (tertiary alicyclic amines) is 1. The van der Waals surface area contributed by atoms with E-state index < -0.39 is 12.0 Å². The maximum atomic E-state index is 14.2. The van der Waals surface area contributed by atoms with Crippen LogP contribution in [-0.2, 0) is 9.59 Å². The van der Waals surface area contributed by atoms with E-state index in [9.17, 15) is 14.0 Å². The predicted molar refractivity (Wildman–Crippen MR) is 82.5 cm³/mol. The summed E-state index contributed by atoms with van der Waals surface area (Å²) in [7, 11) is 0. The van der Waals surface area contributed by atoms with Crippen molar-refractivity contribution in [3.63, 3.8) is 0 Å². The highest BCUT2D eigenvalue weighted by Crippen LogP contribution is 2.37.